The number of nitrogens with one attached hydrogen (secondary N) is 1. The van der Waals surface area contributed by atoms with Gasteiger partial charge in [0.2, 0.25) is 0 Å². The van der Waals surface area contributed by atoms with Crippen molar-refractivity contribution in [1.82, 2.24) is 0 Å². The highest BCUT2D eigenvalue weighted by Gasteiger charge is 2.16. The molecule has 1 aromatic carbocycles. The first-order valence-corrected chi connectivity index (χ1v) is 5.24. The van der Waals surface area contributed by atoms with Crippen molar-refractivity contribution in [2.24, 2.45) is 0 Å². The zero-order chi connectivity index (χ0) is 12.1. The smallest absolute Gasteiger partial charge is 0.265 e. The molecule has 1 unspecified atom stereocenters. The predicted octanol–water partition coefficient (Wildman–Crippen LogP) is 2.36. The Balaban J connectivity index is 2.75. The number of aliphatic hydroxyl groups excluding tert-OH is 1. The van der Waals surface area contributed by atoms with Gasteiger partial charge in [-0.1, -0.05) is 6.07 Å². The van der Waals surface area contributed by atoms with Gasteiger partial charge < -0.3 is 10.4 Å². The van der Waals surface area contributed by atoms with Crippen LogP contribution >= 0.6 is 15.9 Å². The molecule has 1 rings (SSSR count). The van der Waals surface area contributed by atoms with Gasteiger partial charge in [-0.15, -0.1) is 0 Å². The summed E-state index contributed by atoms with van der Waals surface area (Å²) in [4.78, 5) is 0. The molecule has 1 atom stereocenters. The molecule has 0 saturated carbocycles. The molecule has 1 aromatic rings. The lowest BCUT2D eigenvalue weighted by molar-refractivity contribution is 0.00384. The third-order valence-corrected chi connectivity index (χ3v) is 2.58. The molecule has 0 aliphatic heterocycles. The van der Waals surface area contributed by atoms with Crippen LogP contribution in [-0.2, 0) is 0 Å². The Kier molecular flexibility index (Phi) is 4.65. The van der Waals surface area contributed by atoms with Crippen LogP contribution in [0.3, 0.4) is 0 Å². The summed E-state index contributed by atoms with van der Waals surface area (Å²) >= 11 is 3.17. The third kappa shape index (κ3) is 3.15. The molecule has 0 amide bonds. The molecule has 86 valence electrons. The quantitative estimate of drug-likeness (QED) is 0.895. The van der Waals surface area contributed by atoms with Crippen LogP contribution in [0.25, 0.3) is 0 Å². The number of aliphatic hydroxyl groups is 1. The van der Waals surface area contributed by atoms with E-state index in [1.54, 1.807) is 18.2 Å². The van der Waals surface area contributed by atoms with Gasteiger partial charge in [-0.25, -0.2) is 8.78 Å². The Labute approximate surface area is 99.8 Å². The van der Waals surface area contributed by atoms with E-state index in [9.17, 15) is 8.78 Å². The summed E-state index contributed by atoms with van der Waals surface area (Å²) in [6.07, 6.45) is -4.55. The first-order valence-electron chi connectivity index (χ1n) is 4.45. The highest BCUT2D eigenvalue weighted by atomic mass is 79.9. The molecule has 0 aromatic heterocycles. The third-order valence-electron chi connectivity index (χ3n) is 1.92. The van der Waals surface area contributed by atoms with Crippen molar-refractivity contribution >= 4 is 21.6 Å². The van der Waals surface area contributed by atoms with E-state index in [1.807, 2.05) is 6.07 Å². The van der Waals surface area contributed by atoms with Gasteiger partial charge in [0.1, 0.15) is 12.2 Å². The largest absolute Gasteiger partial charge is 0.385 e. The average Bonchev–Trinajstić information content (AvgIpc) is 2.25. The topological polar surface area (TPSA) is 56.0 Å². The van der Waals surface area contributed by atoms with E-state index in [0.29, 0.717) is 15.7 Å². The first-order chi connectivity index (χ1) is 7.56. The fourth-order valence-electron chi connectivity index (χ4n) is 1.09. The second kappa shape index (κ2) is 5.77. The van der Waals surface area contributed by atoms with Crippen molar-refractivity contribution in [1.29, 1.82) is 5.26 Å². The molecule has 0 radical (unpaired) electrons. The maximum absolute atomic E-state index is 12.0. The molecule has 0 heterocycles. The van der Waals surface area contributed by atoms with Crippen molar-refractivity contribution in [3.63, 3.8) is 0 Å². The van der Waals surface area contributed by atoms with Crippen molar-refractivity contribution in [3.05, 3.63) is 28.2 Å². The molecule has 0 fully saturated rings. The Morgan fingerprint density at radius 3 is 2.75 bits per heavy atom. The highest BCUT2D eigenvalue weighted by Crippen LogP contribution is 2.23. The van der Waals surface area contributed by atoms with Crippen LogP contribution in [0.1, 0.15) is 5.56 Å². The Morgan fingerprint density at radius 1 is 1.50 bits per heavy atom. The molecule has 0 spiro atoms. The lowest BCUT2D eigenvalue weighted by Gasteiger charge is -2.13. The van der Waals surface area contributed by atoms with Crippen LogP contribution in [0.4, 0.5) is 14.5 Å². The Morgan fingerprint density at radius 2 is 2.19 bits per heavy atom. The van der Waals surface area contributed by atoms with Gasteiger partial charge in [-0.05, 0) is 28.1 Å². The standard InChI is InChI=1S/C10H9BrF2N2O/c11-7-2-1-3-8(6(7)4-14)15-5-9(16)10(12)13/h1-3,9-10,15-16H,5H2. The van der Waals surface area contributed by atoms with Crippen LogP contribution in [0, 0.1) is 11.3 Å². The number of anilines is 1. The minimum absolute atomic E-state index is 0.303. The van der Waals surface area contributed by atoms with Gasteiger partial charge in [0.05, 0.1) is 11.3 Å². The molecular weight excluding hydrogens is 282 g/mol. The van der Waals surface area contributed by atoms with Gasteiger partial charge in [-0.3, -0.25) is 0 Å². The SMILES string of the molecule is N#Cc1c(Br)cccc1NCC(O)C(F)F. The molecule has 2 N–H and O–H groups in total. The normalized spacial score (nSPS) is 12.2. The lowest BCUT2D eigenvalue weighted by atomic mass is 10.2. The second-order valence-electron chi connectivity index (χ2n) is 3.06. The molecule has 0 bridgehead atoms. The monoisotopic (exact) mass is 290 g/mol. The summed E-state index contributed by atoms with van der Waals surface area (Å²) in [6.45, 7) is -0.303. The minimum Gasteiger partial charge on any atom is -0.385 e. The number of benzene rings is 1. The first kappa shape index (κ1) is 12.9. The second-order valence-corrected chi connectivity index (χ2v) is 3.91. The summed E-state index contributed by atoms with van der Waals surface area (Å²) in [5.74, 6) is 0. The predicted molar refractivity (Wildman–Crippen MR) is 59.4 cm³/mol. The fourth-order valence-corrected chi connectivity index (χ4v) is 1.54. The summed E-state index contributed by atoms with van der Waals surface area (Å²) in [5, 5.41) is 20.4. The minimum atomic E-state index is -2.80. The number of hydrogen-bond donors (Lipinski definition) is 2. The maximum atomic E-state index is 12.0. The fraction of sp³-hybridized carbons (Fsp3) is 0.300. The van der Waals surface area contributed by atoms with Crippen LogP contribution in [-0.4, -0.2) is 24.2 Å². The van der Waals surface area contributed by atoms with E-state index >= 15 is 0 Å². The number of nitriles is 1. The van der Waals surface area contributed by atoms with E-state index in [-0.39, 0.29) is 6.54 Å². The van der Waals surface area contributed by atoms with Gasteiger partial charge in [0.25, 0.3) is 6.43 Å². The molecule has 0 saturated heterocycles. The Bertz CT molecular complexity index is 406. The lowest BCUT2D eigenvalue weighted by Crippen LogP contribution is -2.27. The van der Waals surface area contributed by atoms with E-state index in [4.69, 9.17) is 10.4 Å². The molecule has 0 aliphatic rings. The molecule has 0 aliphatic carbocycles. The van der Waals surface area contributed by atoms with Crippen LogP contribution in [0.15, 0.2) is 22.7 Å². The summed E-state index contributed by atoms with van der Waals surface area (Å²) in [7, 11) is 0. The number of rotatable bonds is 4. The van der Waals surface area contributed by atoms with Gasteiger partial charge >= 0.3 is 0 Å². The van der Waals surface area contributed by atoms with Gasteiger partial charge in [-0.2, -0.15) is 5.26 Å². The zero-order valence-corrected chi connectivity index (χ0v) is 9.71. The van der Waals surface area contributed by atoms with E-state index < -0.39 is 12.5 Å². The van der Waals surface area contributed by atoms with Crippen molar-refractivity contribution in [2.45, 2.75) is 12.5 Å². The van der Waals surface area contributed by atoms with Crippen molar-refractivity contribution in [3.8, 4) is 6.07 Å². The molecule has 16 heavy (non-hydrogen) atoms. The molecular formula is C10H9BrF2N2O. The molecule has 6 heteroatoms. The summed E-state index contributed by atoms with van der Waals surface area (Å²) in [5.41, 5.74) is 0.737. The summed E-state index contributed by atoms with van der Waals surface area (Å²) in [6, 6.07) is 6.87. The van der Waals surface area contributed by atoms with E-state index in [1.165, 1.54) is 0 Å². The van der Waals surface area contributed by atoms with Crippen molar-refractivity contribution < 1.29 is 13.9 Å². The highest BCUT2D eigenvalue weighted by molar-refractivity contribution is 9.10. The average molecular weight is 291 g/mol. The van der Waals surface area contributed by atoms with E-state index in [0.717, 1.165) is 0 Å². The van der Waals surface area contributed by atoms with Gasteiger partial charge in [0.15, 0.2) is 0 Å². The maximum Gasteiger partial charge on any atom is 0.265 e. The Hall–Kier alpha value is -1.19. The van der Waals surface area contributed by atoms with Crippen molar-refractivity contribution in [2.75, 3.05) is 11.9 Å². The van der Waals surface area contributed by atoms with Crippen LogP contribution in [0.2, 0.25) is 0 Å². The number of alkyl halides is 2. The van der Waals surface area contributed by atoms with Gasteiger partial charge in [0, 0.05) is 11.0 Å². The van der Waals surface area contributed by atoms with E-state index in [2.05, 4.69) is 21.2 Å². The van der Waals surface area contributed by atoms with Crippen LogP contribution in [0.5, 0.6) is 0 Å². The number of nitrogens with zero attached hydrogens (tertiary/aromatic N) is 1. The van der Waals surface area contributed by atoms with Crippen LogP contribution < -0.4 is 5.32 Å². The number of halogens is 3. The summed E-state index contributed by atoms with van der Waals surface area (Å²) < 4.78 is 24.6. The zero-order valence-electron chi connectivity index (χ0n) is 8.12. The molecule has 3 nitrogen and oxygen atoms in total. The number of hydrogen-bond acceptors (Lipinski definition) is 3.